The Morgan fingerprint density at radius 3 is 2.70 bits per heavy atom. The maximum atomic E-state index is 12.9. The van der Waals surface area contributed by atoms with E-state index in [2.05, 4.69) is 20.3 Å². The molecule has 27 heavy (non-hydrogen) atoms. The van der Waals surface area contributed by atoms with Crippen LogP contribution in [0.2, 0.25) is 5.02 Å². The summed E-state index contributed by atoms with van der Waals surface area (Å²) in [5.74, 6) is -0.203. The minimum Gasteiger partial charge on any atom is -0.348 e. The van der Waals surface area contributed by atoms with Crippen LogP contribution in [0.1, 0.15) is 15.9 Å². The van der Waals surface area contributed by atoms with Crippen molar-refractivity contribution < 1.29 is 4.79 Å². The molecule has 0 saturated carbocycles. The zero-order valence-corrected chi connectivity index (χ0v) is 15.0. The van der Waals surface area contributed by atoms with Crippen molar-refractivity contribution in [3.63, 3.8) is 0 Å². The lowest BCUT2D eigenvalue weighted by molar-refractivity contribution is 0.0952. The zero-order chi connectivity index (χ0) is 18.6. The molecular formula is C21H15ClN4O. The van der Waals surface area contributed by atoms with E-state index in [0.717, 1.165) is 5.56 Å². The predicted octanol–water partition coefficient (Wildman–Crippen LogP) is 4.28. The molecule has 132 valence electrons. The van der Waals surface area contributed by atoms with E-state index in [1.807, 2.05) is 42.5 Å². The Bertz CT molecular complexity index is 1100. The molecule has 0 atom stereocenters. The number of nitrogens with one attached hydrogen (secondary N) is 1. The molecule has 0 aliphatic heterocycles. The third-order valence-electron chi connectivity index (χ3n) is 4.14. The number of benzene rings is 1. The van der Waals surface area contributed by atoms with E-state index >= 15 is 0 Å². The van der Waals surface area contributed by atoms with Gasteiger partial charge in [-0.2, -0.15) is 0 Å². The van der Waals surface area contributed by atoms with Gasteiger partial charge in [0, 0.05) is 30.5 Å². The van der Waals surface area contributed by atoms with Crippen LogP contribution in [0.3, 0.4) is 0 Å². The Morgan fingerprint density at radius 1 is 1.00 bits per heavy atom. The van der Waals surface area contributed by atoms with Crippen LogP contribution in [0.15, 0.2) is 73.2 Å². The molecule has 4 aromatic rings. The Morgan fingerprint density at radius 2 is 1.93 bits per heavy atom. The van der Waals surface area contributed by atoms with Crippen molar-refractivity contribution in [2.45, 2.75) is 6.54 Å². The highest BCUT2D eigenvalue weighted by Crippen LogP contribution is 2.28. The zero-order valence-electron chi connectivity index (χ0n) is 14.3. The van der Waals surface area contributed by atoms with Gasteiger partial charge in [0.05, 0.1) is 27.5 Å². The van der Waals surface area contributed by atoms with Gasteiger partial charge in [0.2, 0.25) is 0 Å². The lowest BCUT2D eigenvalue weighted by atomic mass is 10.1. The highest BCUT2D eigenvalue weighted by atomic mass is 35.5. The van der Waals surface area contributed by atoms with Crippen molar-refractivity contribution in [1.82, 2.24) is 20.3 Å². The van der Waals surface area contributed by atoms with E-state index < -0.39 is 0 Å². The second-order valence-electron chi connectivity index (χ2n) is 5.95. The third-order valence-corrected chi connectivity index (χ3v) is 4.44. The number of pyridine rings is 3. The van der Waals surface area contributed by atoms with Gasteiger partial charge in [0.15, 0.2) is 0 Å². The minimum absolute atomic E-state index is 0.203. The number of amides is 1. The summed E-state index contributed by atoms with van der Waals surface area (Å²) in [6.45, 7) is 0.385. The molecule has 0 radical (unpaired) electrons. The Balaban J connectivity index is 1.76. The molecule has 0 aliphatic rings. The first kappa shape index (κ1) is 17.1. The molecular weight excluding hydrogens is 360 g/mol. The van der Waals surface area contributed by atoms with E-state index in [1.54, 1.807) is 30.7 Å². The first-order chi connectivity index (χ1) is 13.2. The predicted molar refractivity (Wildman–Crippen MR) is 105 cm³/mol. The van der Waals surface area contributed by atoms with Crippen LogP contribution in [0.4, 0.5) is 0 Å². The van der Waals surface area contributed by atoms with Crippen LogP contribution in [0, 0.1) is 0 Å². The highest BCUT2D eigenvalue weighted by molar-refractivity contribution is 6.35. The molecule has 1 aromatic carbocycles. The number of para-hydroxylation sites is 1. The van der Waals surface area contributed by atoms with Crippen molar-refractivity contribution in [1.29, 1.82) is 0 Å². The molecule has 0 saturated heterocycles. The number of fused-ring (bicyclic) bond motifs is 1. The standard InChI is InChI=1S/C21H15ClN4O/c22-17-7-3-6-15-16(21(27)25-13-14-5-4-9-23-12-14)11-19(26-20(15)17)18-8-1-2-10-24-18/h1-12H,13H2,(H,25,27). The number of nitrogens with zero attached hydrogens (tertiary/aromatic N) is 3. The van der Waals surface area contributed by atoms with E-state index in [0.29, 0.717) is 39.4 Å². The second kappa shape index (κ2) is 7.51. The number of hydrogen-bond donors (Lipinski definition) is 1. The van der Waals surface area contributed by atoms with Gasteiger partial charge in [-0.1, -0.05) is 35.9 Å². The lowest BCUT2D eigenvalue weighted by Gasteiger charge is -2.11. The van der Waals surface area contributed by atoms with Crippen molar-refractivity contribution in [2.24, 2.45) is 0 Å². The highest BCUT2D eigenvalue weighted by Gasteiger charge is 2.16. The quantitative estimate of drug-likeness (QED) is 0.579. The molecule has 1 N–H and O–H groups in total. The van der Waals surface area contributed by atoms with E-state index in [1.165, 1.54) is 0 Å². The molecule has 4 rings (SSSR count). The number of hydrogen-bond acceptors (Lipinski definition) is 4. The molecule has 5 nitrogen and oxygen atoms in total. The van der Waals surface area contributed by atoms with Gasteiger partial charge in [-0.05, 0) is 35.9 Å². The van der Waals surface area contributed by atoms with E-state index in [4.69, 9.17) is 11.6 Å². The van der Waals surface area contributed by atoms with Crippen LogP contribution >= 0.6 is 11.6 Å². The lowest BCUT2D eigenvalue weighted by Crippen LogP contribution is -2.23. The van der Waals surface area contributed by atoms with Crippen LogP contribution in [0.5, 0.6) is 0 Å². The fourth-order valence-electron chi connectivity index (χ4n) is 2.83. The molecule has 3 heterocycles. The Hall–Kier alpha value is -3.31. The van der Waals surface area contributed by atoms with E-state index in [9.17, 15) is 4.79 Å². The maximum absolute atomic E-state index is 12.9. The third kappa shape index (κ3) is 3.64. The number of rotatable bonds is 4. The molecule has 3 aromatic heterocycles. The summed E-state index contributed by atoms with van der Waals surface area (Å²) >= 11 is 6.34. The van der Waals surface area contributed by atoms with E-state index in [-0.39, 0.29) is 5.91 Å². The molecule has 0 aliphatic carbocycles. The van der Waals surface area contributed by atoms with Gasteiger partial charge in [0.25, 0.3) is 5.91 Å². The summed E-state index contributed by atoms with van der Waals surface area (Å²) in [5.41, 5.74) is 3.29. The molecule has 1 amide bonds. The molecule has 6 heteroatoms. The van der Waals surface area contributed by atoms with Crippen LogP contribution in [-0.2, 0) is 6.54 Å². The average Bonchev–Trinajstić information content (AvgIpc) is 2.73. The summed E-state index contributed by atoms with van der Waals surface area (Å²) in [6.07, 6.45) is 5.11. The first-order valence-corrected chi connectivity index (χ1v) is 8.78. The smallest absolute Gasteiger partial charge is 0.252 e. The average molecular weight is 375 g/mol. The fraction of sp³-hybridized carbons (Fsp3) is 0.0476. The number of carbonyl (C=O) groups is 1. The summed E-state index contributed by atoms with van der Waals surface area (Å²) in [7, 11) is 0. The van der Waals surface area contributed by atoms with Gasteiger partial charge in [-0.3, -0.25) is 14.8 Å². The van der Waals surface area contributed by atoms with Gasteiger partial charge < -0.3 is 5.32 Å². The number of aromatic nitrogens is 3. The van der Waals surface area contributed by atoms with Crippen LogP contribution < -0.4 is 5.32 Å². The summed E-state index contributed by atoms with van der Waals surface area (Å²) < 4.78 is 0. The van der Waals surface area contributed by atoms with Crippen molar-refractivity contribution in [2.75, 3.05) is 0 Å². The van der Waals surface area contributed by atoms with Gasteiger partial charge in [0.1, 0.15) is 0 Å². The molecule has 0 bridgehead atoms. The van der Waals surface area contributed by atoms with Crippen molar-refractivity contribution in [3.8, 4) is 11.4 Å². The van der Waals surface area contributed by atoms with Crippen LogP contribution in [-0.4, -0.2) is 20.9 Å². The summed E-state index contributed by atoms with van der Waals surface area (Å²) in [6, 6.07) is 16.5. The monoisotopic (exact) mass is 374 g/mol. The fourth-order valence-corrected chi connectivity index (χ4v) is 3.04. The van der Waals surface area contributed by atoms with Crippen LogP contribution in [0.25, 0.3) is 22.3 Å². The van der Waals surface area contributed by atoms with Gasteiger partial charge >= 0.3 is 0 Å². The number of halogens is 1. The van der Waals surface area contributed by atoms with Gasteiger partial charge in [-0.15, -0.1) is 0 Å². The molecule has 0 spiro atoms. The second-order valence-corrected chi connectivity index (χ2v) is 6.36. The van der Waals surface area contributed by atoms with Crippen molar-refractivity contribution in [3.05, 3.63) is 89.3 Å². The summed E-state index contributed by atoms with van der Waals surface area (Å²) in [4.78, 5) is 25.9. The van der Waals surface area contributed by atoms with Crippen molar-refractivity contribution >= 4 is 28.4 Å². The Labute approximate surface area is 161 Å². The molecule has 0 unspecified atom stereocenters. The maximum Gasteiger partial charge on any atom is 0.252 e. The van der Waals surface area contributed by atoms with Gasteiger partial charge in [-0.25, -0.2) is 4.98 Å². The SMILES string of the molecule is O=C(NCc1cccnc1)c1cc(-c2ccccn2)nc2c(Cl)cccc12. The first-order valence-electron chi connectivity index (χ1n) is 8.40. The molecule has 0 fully saturated rings. The largest absolute Gasteiger partial charge is 0.348 e. The summed E-state index contributed by atoms with van der Waals surface area (Å²) in [5, 5.41) is 4.13. The number of carbonyl (C=O) groups excluding carboxylic acids is 1. The minimum atomic E-state index is -0.203. The topological polar surface area (TPSA) is 67.8 Å². The normalized spacial score (nSPS) is 10.7. The Kier molecular flexibility index (Phi) is 4.77.